The van der Waals surface area contributed by atoms with E-state index in [0.29, 0.717) is 17.2 Å². The average molecular weight is 215 g/mol. The van der Waals surface area contributed by atoms with Crippen molar-refractivity contribution in [3.05, 3.63) is 0 Å². The predicted molar refractivity (Wildman–Crippen MR) is 60.8 cm³/mol. The van der Waals surface area contributed by atoms with Crippen molar-refractivity contribution in [3.63, 3.8) is 0 Å². The highest BCUT2D eigenvalue weighted by atomic mass is 32.2. The first-order chi connectivity index (χ1) is 6.77. The second-order valence-corrected chi connectivity index (χ2v) is 6.54. The molecule has 82 valence electrons. The Labute approximate surface area is 89.3 Å². The summed E-state index contributed by atoms with van der Waals surface area (Å²) in [4.78, 5) is 0. The van der Waals surface area contributed by atoms with Crippen LogP contribution >= 0.6 is 0 Å². The van der Waals surface area contributed by atoms with Crippen molar-refractivity contribution in [2.24, 2.45) is 5.92 Å². The van der Waals surface area contributed by atoms with Crippen LogP contribution in [0.15, 0.2) is 0 Å². The van der Waals surface area contributed by atoms with Gasteiger partial charge in [-0.1, -0.05) is 26.2 Å². The summed E-state index contributed by atoms with van der Waals surface area (Å²) in [5.74, 6) is 1.50. The van der Waals surface area contributed by atoms with Crippen molar-refractivity contribution >= 4 is 10.8 Å². The first-order valence-corrected chi connectivity index (χ1v) is 7.26. The maximum Gasteiger partial charge on any atom is 0.0501 e. The van der Waals surface area contributed by atoms with E-state index in [1.54, 1.807) is 0 Å². The maximum absolute atomic E-state index is 12.1. The normalized spacial score (nSPS) is 44.9. The molecule has 1 N–H and O–H groups in total. The molecule has 1 heterocycles. The molecular weight excluding hydrogens is 194 g/mol. The summed E-state index contributed by atoms with van der Waals surface area (Å²) in [6, 6.07) is 0.545. The number of nitrogens with one attached hydrogen (secondary N) is 1. The molecule has 3 heteroatoms. The third kappa shape index (κ3) is 2.37. The fraction of sp³-hybridized carbons (Fsp3) is 1.00. The Balaban J connectivity index is 2.08. The van der Waals surface area contributed by atoms with Gasteiger partial charge in [-0.2, -0.15) is 0 Å². The topological polar surface area (TPSA) is 29.1 Å². The molecule has 2 nitrogen and oxygen atoms in total. The fourth-order valence-corrected chi connectivity index (χ4v) is 4.59. The number of rotatable bonds is 0. The van der Waals surface area contributed by atoms with E-state index in [4.69, 9.17) is 0 Å². The van der Waals surface area contributed by atoms with Crippen LogP contribution in [-0.2, 0) is 10.8 Å². The molecule has 4 atom stereocenters. The number of hydrogen-bond donors (Lipinski definition) is 1. The third-order valence-electron chi connectivity index (χ3n) is 3.47. The van der Waals surface area contributed by atoms with Gasteiger partial charge in [0, 0.05) is 22.6 Å². The van der Waals surface area contributed by atoms with Crippen molar-refractivity contribution in [3.8, 4) is 0 Å². The zero-order chi connectivity index (χ0) is 9.97. The molecule has 4 unspecified atom stereocenters. The lowest BCUT2D eigenvalue weighted by Crippen LogP contribution is -2.39. The van der Waals surface area contributed by atoms with Crippen LogP contribution < -0.4 is 5.32 Å². The molecule has 0 amide bonds. The third-order valence-corrected chi connectivity index (χ3v) is 5.60. The van der Waals surface area contributed by atoms with Crippen molar-refractivity contribution in [2.75, 3.05) is 12.3 Å². The van der Waals surface area contributed by atoms with E-state index in [2.05, 4.69) is 12.2 Å². The van der Waals surface area contributed by atoms with Gasteiger partial charge in [0.25, 0.3) is 0 Å². The fourth-order valence-electron chi connectivity index (χ4n) is 2.64. The monoisotopic (exact) mass is 215 g/mol. The van der Waals surface area contributed by atoms with Gasteiger partial charge < -0.3 is 5.32 Å². The molecule has 0 spiro atoms. The molecule has 14 heavy (non-hydrogen) atoms. The molecule has 1 saturated carbocycles. The molecule has 2 rings (SSSR count). The lowest BCUT2D eigenvalue weighted by Gasteiger charge is -2.22. The molecule has 2 fully saturated rings. The van der Waals surface area contributed by atoms with Gasteiger partial charge in [0.2, 0.25) is 0 Å². The van der Waals surface area contributed by atoms with E-state index < -0.39 is 10.8 Å². The number of hydrogen-bond acceptors (Lipinski definition) is 2. The van der Waals surface area contributed by atoms with E-state index >= 15 is 0 Å². The Morgan fingerprint density at radius 2 is 2.00 bits per heavy atom. The van der Waals surface area contributed by atoms with Crippen LogP contribution in [0.25, 0.3) is 0 Å². The summed E-state index contributed by atoms with van der Waals surface area (Å²) in [6.07, 6.45) is 6.35. The van der Waals surface area contributed by atoms with Gasteiger partial charge in [0.05, 0.1) is 5.25 Å². The molecule has 0 aromatic heterocycles. The van der Waals surface area contributed by atoms with Crippen LogP contribution in [0.2, 0.25) is 0 Å². The van der Waals surface area contributed by atoms with E-state index in [0.717, 1.165) is 12.3 Å². The molecule has 0 radical (unpaired) electrons. The summed E-state index contributed by atoms with van der Waals surface area (Å²) < 4.78 is 12.1. The standard InChI is InChI=1S/C11H21NOS/c1-9-7-12-10-5-3-2-4-6-11(10)14(13)8-9/h9-12H,2-8H2,1H3. The van der Waals surface area contributed by atoms with Gasteiger partial charge in [-0.15, -0.1) is 0 Å². The molecule has 1 aliphatic carbocycles. The summed E-state index contributed by atoms with van der Waals surface area (Å²) in [5, 5.41) is 4.06. The van der Waals surface area contributed by atoms with Crippen molar-refractivity contribution < 1.29 is 4.21 Å². The maximum atomic E-state index is 12.1. The van der Waals surface area contributed by atoms with Gasteiger partial charge in [0.1, 0.15) is 0 Å². The molecule has 0 aromatic carbocycles. The highest BCUT2D eigenvalue weighted by molar-refractivity contribution is 7.85. The van der Waals surface area contributed by atoms with Gasteiger partial charge in [-0.05, 0) is 25.3 Å². The van der Waals surface area contributed by atoms with Gasteiger partial charge in [-0.3, -0.25) is 4.21 Å². The lowest BCUT2D eigenvalue weighted by molar-refractivity contribution is 0.447. The van der Waals surface area contributed by atoms with Crippen LogP contribution in [0.3, 0.4) is 0 Å². The lowest BCUT2D eigenvalue weighted by atomic mass is 10.1. The summed E-state index contributed by atoms with van der Waals surface area (Å²) in [5.41, 5.74) is 0. The molecule has 2 aliphatic rings. The highest BCUT2D eigenvalue weighted by Gasteiger charge is 2.31. The van der Waals surface area contributed by atoms with Crippen LogP contribution in [-0.4, -0.2) is 27.8 Å². The molecule has 0 aromatic rings. The summed E-state index contributed by atoms with van der Waals surface area (Å²) in [6.45, 7) is 3.27. The van der Waals surface area contributed by atoms with E-state index in [1.165, 1.54) is 32.1 Å². The molecule has 0 bridgehead atoms. The zero-order valence-electron chi connectivity index (χ0n) is 9.00. The molecule has 1 saturated heterocycles. The van der Waals surface area contributed by atoms with Crippen molar-refractivity contribution in [2.45, 2.75) is 50.3 Å². The smallest absolute Gasteiger partial charge is 0.0501 e. The Morgan fingerprint density at radius 3 is 2.86 bits per heavy atom. The highest BCUT2D eigenvalue weighted by Crippen LogP contribution is 2.25. The minimum atomic E-state index is -0.578. The first kappa shape index (κ1) is 10.6. The quantitative estimate of drug-likeness (QED) is 0.666. The van der Waals surface area contributed by atoms with Gasteiger partial charge in [0.15, 0.2) is 0 Å². The van der Waals surface area contributed by atoms with Crippen molar-refractivity contribution in [1.29, 1.82) is 0 Å². The second kappa shape index (κ2) is 4.75. The van der Waals surface area contributed by atoms with Crippen LogP contribution in [0.1, 0.15) is 39.0 Å². The Bertz CT molecular complexity index is 219. The first-order valence-electron chi connectivity index (χ1n) is 5.88. The largest absolute Gasteiger partial charge is 0.312 e. The minimum Gasteiger partial charge on any atom is -0.312 e. The SMILES string of the molecule is CC1CNC2CCCCCC2S(=O)C1. The Morgan fingerprint density at radius 1 is 1.21 bits per heavy atom. The Kier molecular flexibility index (Phi) is 3.61. The van der Waals surface area contributed by atoms with Crippen LogP contribution in [0.5, 0.6) is 0 Å². The van der Waals surface area contributed by atoms with Crippen LogP contribution in [0, 0.1) is 5.92 Å². The summed E-state index contributed by atoms with van der Waals surface area (Å²) >= 11 is 0. The van der Waals surface area contributed by atoms with Gasteiger partial charge >= 0.3 is 0 Å². The van der Waals surface area contributed by atoms with Gasteiger partial charge in [-0.25, -0.2) is 0 Å². The zero-order valence-corrected chi connectivity index (χ0v) is 9.81. The van der Waals surface area contributed by atoms with E-state index in [9.17, 15) is 4.21 Å². The summed E-state index contributed by atoms with van der Waals surface area (Å²) in [7, 11) is -0.578. The van der Waals surface area contributed by atoms with Crippen LogP contribution in [0.4, 0.5) is 0 Å². The van der Waals surface area contributed by atoms with E-state index in [-0.39, 0.29) is 0 Å². The predicted octanol–water partition coefficient (Wildman–Crippen LogP) is 1.68. The second-order valence-electron chi connectivity index (χ2n) is 4.84. The molecular formula is C11H21NOS. The minimum absolute atomic E-state index is 0.447. The average Bonchev–Trinajstić information content (AvgIpc) is 2.44. The molecule has 1 aliphatic heterocycles. The van der Waals surface area contributed by atoms with Crippen molar-refractivity contribution in [1.82, 2.24) is 5.32 Å². The Hall–Kier alpha value is 0.110. The van der Waals surface area contributed by atoms with E-state index in [1.807, 2.05) is 0 Å². The number of fused-ring (bicyclic) bond motifs is 1.